The van der Waals surface area contributed by atoms with Gasteiger partial charge in [-0.25, -0.2) is 9.59 Å². The normalized spacial score (nSPS) is 16.6. The molecule has 1 fully saturated rings. The average molecular weight is 287 g/mol. The van der Waals surface area contributed by atoms with E-state index in [1.807, 2.05) is 0 Å². The predicted molar refractivity (Wildman–Crippen MR) is 59.3 cm³/mol. The SMILES string of the molecule is O=C1NC[C@@H](COC(=O)c2ccccc2C(=O)[O-])O1.[Na+]. The Balaban J connectivity index is 0.00000200. The molecule has 1 amide bonds. The van der Waals surface area contributed by atoms with E-state index in [9.17, 15) is 19.5 Å². The van der Waals surface area contributed by atoms with E-state index in [1.165, 1.54) is 24.3 Å². The van der Waals surface area contributed by atoms with Crippen LogP contribution in [0.4, 0.5) is 4.79 Å². The maximum absolute atomic E-state index is 11.7. The number of amides is 1. The molecule has 1 aliphatic heterocycles. The van der Waals surface area contributed by atoms with Crippen LogP contribution >= 0.6 is 0 Å². The van der Waals surface area contributed by atoms with E-state index in [0.717, 1.165) is 0 Å². The predicted octanol–water partition coefficient (Wildman–Crippen LogP) is -3.68. The Morgan fingerprint density at radius 3 is 2.55 bits per heavy atom. The second-order valence-electron chi connectivity index (χ2n) is 3.84. The van der Waals surface area contributed by atoms with Crippen LogP contribution in [0.5, 0.6) is 0 Å². The number of hydrogen-bond donors (Lipinski definition) is 1. The number of nitrogens with one attached hydrogen (secondary N) is 1. The molecule has 0 aliphatic carbocycles. The van der Waals surface area contributed by atoms with Crippen molar-refractivity contribution in [2.45, 2.75) is 6.10 Å². The van der Waals surface area contributed by atoms with Crippen LogP contribution in [0.3, 0.4) is 0 Å². The molecule has 20 heavy (non-hydrogen) atoms. The maximum Gasteiger partial charge on any atom is 1.00 e. The van der Waals surface area contributed by atoms with Gasteiger partial charge in [0.05, 0.1) is 18.1 Å². The van der Waals surface area contributed by atoms with Crippen molar-refractivity contribution < 1.29 is 58.5 Å². The average Bonchev–Trinajstić information content (AvgIpc) is 2.81. The quantitative estimate of drug-likeness (QED) is 0.452. The number of rotatable bonds is 4. The molecule has 0 radical (unpaired) electrons. The standard InChI is InChI=1S/C12H11NO6.Na/c14-10(15)8-3-1-2-4-9(8)11(16)18-6-7-5-13-12(17)19-7;/h1-4,7H,5-6H2,(H,13,17)(H,14,15);/q;+1/p-1/t7-;/m0./s1. The summed E-state index contributed by atoms with van der Waals surface area (Å²) in [6, 6.07) is 5.57. The Bertz CT molecular complexity index is 532. The summed E-state index contributed by atoms with van der Waals surface area (Å²) in [6.45, 7) is 0.104. The fourth-order valence-corrected chi connectivity index (χ4v) is 1.61. The zero-order valence-electron chi connectivity index (χ0n) is 10.8. The van der Waals surface area contributed by atoms with Crippen molar-refractivity contribution in [3.63, 3.8) is 0 Å². The third-order valence-electron chi connectivity index (χ3n) is 2.51. The molecule has 1 atom stereocenters. The summed E-state index contributed by atoms with van der Waals surface area (Å²) in [5, 5.41) is 13.2. The van der Waals surface area contributed by atoms with Gasteiger partial charge in [-0.15, -0.1) is 0 Å². The fraction of sp³-hybridized carbons (Fsp3) is 0.250. The molecule has 1 N–H and O–H groups in total. The molecule has 1 aromatic rings. The molecule has 0 unspecified atom stereocenters. The summed E-state index contributed by atoms with van der Waals surface area (Å²) in [5.74, 6) is -2.26. The van der Waals surface area contributed by atoms with E-state index in [2.05, 4.69) is 5.32 Å². The van der Waals surface area contributed by atoms with Gasteiger partial charge in [-0.3, -0.25) is 0 Å². The first kappa shape index (κ1) is 16.5. The van der Waals surface area contributed by atoms with Crippen LogP contribution in [-0.2, 0) is 9.47 Å². The van der Waals surface area contributed by atoms with Crippen molar-refractivity contribution in [3.8, 4) is 0 Å². The third kappa shape index (κ3) is 3.96. The minimum Gasteiger partial charge on any atom is -0.545 e. The van der Waals surface area contributed by atoms with E-state index in [0.29, 0.717) is 0 Å². The summed E-state index contributed by atoms with van der Waals surface area (Å²) < 4.78 is 9.67. The summed E-state index contributed by atoms with van der Waals surface area (Å²) in [7, 11) is 0. The molecule has 8 heteroatoms. The van der Waals surface area contributed by atoms with Gasteiger partial charge in [-0.1, -0.05) is 18.2 Å². The van der Waals surface area contributed by atoms with Crippen molar-refractivity contribution in [2.24, 2.45) is 0 Å². The monoisotopic (exact) mass is 287 g/mol. The van der Waals surface area contributed by atoms with Gasteiger partial charge in [0, 0.05) is 5.56 Å². The molecule has 1 aromatic carbocycles. The first-order chi connectivity index (χ1) is 9.08. The van der Waals surface area contributed by atoms with Crippen LogP contribution < -0.4 is 40.0 Å². The Morgan fingerprint density at radius 1 is 1.35 bits per heavy atom. The van der Waals surface area contributed by atoms with Crippen LogP contribution in [0.1, 0.15) is 20.7 Å². The van der Waals surface area contributed by atoms with E-state index in [1.54, 1.807) is 0 Å². The number of carboxylic acids is 1. The first-order valence-corrected chi connectivity index (χ1v) is 5.50. The summed E-state index contributed by atoms with van der Waals surface area (Å²) in [6.07, 6.45) is -1.14. The van der Waals surface area contributed by atoms with Gasteiger partial charge >= 0.3 is 41.6 Å². The smallest absolute Gasteiger partial charge is 0.545 e. The minimum absolute atomic E-state index is 0. The zero-order chi connectivity index (χ0) is 13.8. The molecule has 7 nitrogen and oxygen atoms in total. The van der Waals surface area contributed by atoms with E-state index in [-0.39, 0.29) is 53.8 Å². The van der Waals surface area contributed by atoms with Crippen molar-refractivity contribution in [1.29, 1.82) is 0 Å². The Kier molecular flexibility index (Phi) is 6.00. The number of carboxylic acid groups (broad SMARTS) is 1. The Morgan fingerprint density at radius 2 is 2.00 bits per heavy atom. The van der Waals surface area contributed by atoms with Gasteiger partial charge in [-0.2, -0.15) is 0 Å². The van der Waals surface area contributed by atoms with Crippen LogP contribution in [0, 0.1) is 0 Å². The van der Waals surface area contributed by atoms with Gasteiger partial charge in [0.25, 0.3) is 0 Å². The third-order valence-corrected chi connectivity index (χ3v) is 2.51. The molecular weight excluding hydrogens is 277 g/mol. The molecular formula is C12H10NNaO6. The fourth-order valence-electron chi connectivity index (χ4n) is 1.61. The first-order valence-electron chi connectivity index (χ1n) is 5.50. The molecule has 2 rings (SSSR count). The zero-order valence-corrected chi connectivity index (χ0v) is 12.8. The molecule has 1 saturated heterocycles. The van der Waals surface area contributed by atoms with E-state index < -0.39 is 24.1 Å². The second-order valence-corrected chi connectivity index (χ2v) is 3.84. The van der Waals surface area contributed by atoms with E-state index in [4.69, 9.17) is 9.47 Å². The van der Waals surface area contributed by atoms with Crippen LogP contribution in [0.15, 0.2) is 24.3 Å². The van der Waals surface area contributed by atoms with Gasteiger partial charge < -0.3 is 24.7 Å². The Hall–Kier alpha value is -1.57. The van der Waals surface area contributed by atoms with Gasteiger partial charge in [0.2, 0.25) is 0 Å². The molecule has 1 aliphatic rings. The molecule has 0 aromatic heterocycles. The molecule has 0 saturated carbocycles. The minimum atomic E-state index is -1.46. The molecule has 100 valence electrons. The van der Waals surface area contributed by atoms with Gasteiger partial charge in [-0.05, 0) is 6.07 Å². The number of cyclic esters (lactones) is 1. The van der Waals surface area contributed by atoms with Crippen LogP contribution in [0.25, 0.3) is 0 Å². The van der Waals surface area contributed by atoms with Crippen molar-refractivity contribution >= 4 is 18.0 Å². The molecule has 0 bridgehead atoms. The van der Waals surface area contributed by atoms with Crippen LogP contribution in [0.2, 0.25) is 0 Å². The number of alkyl carbamates (subject to hydrolysis) is 1. The van der Waals surface area contributed by atoms with Crippen molar-refractivity contribution in [2.75, 3.05) is 13.2 Å². The number of carbonyl (C=O) groups excluding carboxylic acids is 3. The summed E-state index contributed by atoms with van der Waals surface area (Å²) >= 11 is 0. The largest absolute Gasteiger partial charge is 1.00 e. The van der Waals surface area contributed by atoms with Crippen molar-refractivity contribution in [1.82, 2.24) is 5.32 Å². The number of aromatic carboxylic acids is 1. The van der Waals surface area contributed by atoms with Gasteiger partial charge in [0.1, 0.15) is 6.61 Å². The topological polar surface area (TPSA) is 105 Å². The van der Waals surface area contributed by atoms with Crippen molar-refractivity contribution in [3.05, 3.63) is 35.4 Å². The van der Waals surface area contributed by atoms with E-state index >= 15 is 0 Å². The number of benzene rings is 1. The summed E-state index contributed by atoms with van der Waals surface area (Å²) in [4.78, 5) is 33.3. The maximum atomic E-state index is 11.7. The summed E-state index contributed by atoms with van der Waals surface area (Å²) in [5.41, 5.74) is -0.339. The second kappa shape index (κ2) is 7.28. The number of esters is 1. The number of ether oxygens (including phenoxy) is 2. The van der Waals surface area contributed by atoms with Gasteiger partial charge in [0.15, 0.2) is 6.10 Å². The van der Waals surface area contributed by atoms with Crippen LogP contribution in [-0.4, -0.2) is 37.3 Å². The molecule has 1 heterocycles. The number of carbonyl (C=O) groups is 3. The number of hydrogen-bond acceptors (Lipinski definition) is 6. The molecule has 0 spiro atoms. The Labute approximate surface area is 136 Å².